The first-order valence-electron chi connectivity index (χ1n) is 9.36. The molecular weight excluding hydrogens is 306 g/mol. The Labute approximate surface area is 153 Å². The first-order valence-corrected chi connectivity index (χ1v) is 9.36. The van der Waals surface area contributed by atoms with Gasteiger partial charge >= 0.3 is 0 Å². The van der Waals surface area contributed by atoms with E-state index < -0.39 is 0 Å². The number of nitrogens with zero attached hydrogens (tertiary/aromatic N) is 1. The molecule has 25 heavy (non-hydrogen) atoms. The molecule has 2 heteroatoms. The van der Waals surface area contributed by atoms with E-state index in [4.69, 9.17) is 0 Å². The molecule has 0 unspecified atom stereocenters. The van der Waals surface area contributed by atoms with Crippen LogP contribution in [0.15, 0.2) is 59.4 Å². The van der Waals surface area contributed by atoms with E-state index in [1.807, 2.05) is 97.9 Å². The predicted molar refractivity (Wildman–Crippen MR) is 113 cm³/mol. The molecule has 3 rings (SSSR count). The van der Waals surface area contributed by atoms with E-state index in [0.29, 0.717) is 0 Å². The number of benzene rings is 2. The lowest BCUT2D eigenvalue weighted by molar-refractivity contribution is 1.000. The van der Waals surface area contributed by atoms with Gasteiger partial charge in [0, 0.05) is 22.3 Å². The summed E-state index contributed by atoms with van der Waals surface area (Å²) in [5, 5.41) is 0.773. The number of hydrogen-bond donors (Lipinski definition) is 0. The Balaban J connectivity index is 0.000000871. The Hall–Kier alpha value is -2.35. The highest BCUT2D eigenvalue weighted by molar-refractivity contribution is 5.82. The maximum atomic E-state index is 12.3. The third kappa shape index (κ3) is 5.06. The van der Waals surface area contributed by atoms with E-state index in [1.54, 1.807) is 0 Å². The van der Waals surface area contributed by atoms with Crippen LogP contribution in [0.25, 0.3) is 16.6 Å². The molecule has 0 saturated carbocycles. The van der Waals surface area contributed by atoms with Crippen LogP contribution in [0.4, 0.5) is 0 Å². The largest absolute Gasteiger partial charge is 0.313 e. The van der Waals surface area contributed by atoms with Crippen LogP contribution < -0.4 is 5.43 Å². The Morgan fingerprint density at radius 1 is 0.680 bits per heavy atom. The van der Waals surface area contributed by atoms with Crippen molar-refractivity contribution in [2.75, 3.05) is 0 Å². The second-order valence-electron chi connectivity index (χ2n) is 4.73. The van der Waals surface area contributed by atoms with Crippen molar-refractivity contribution in [3.63, 3.8) is 0 Å². The first kappa shape index (κ1) is 22.6. The number of fused-ring (bicyclic) bond motifs is 1. The van der Waals surface area contributed by atoms with Gasteiger partial charge in [-0.25, -0.2) is 0 Å². The smallest absolute Gasteiger partial charge is 0.192 e. The van der Waals surface area contributed by atoms with Gasteiger partial charge in [0.2, 0.25) is 0 Å². The summed E-state index contributed by atoms with van der Waals surface area (Å²) in [7, 11) is 0. The number of aromatic nitrogens is 1. The van der Waals surface area contributed by atoms with Gasteiger partial charge in [-0.3, -0.25) is 4.79 Å². The lowest BCUT2D eigenvalue weighted by atomic mass is 10.1. The highest BCUT2D eigenvalue weighted by Gasteiger charge is 2.11. The monoisotopic (exact) mass is 339 g/mol. The predicted octanol–water partition coefficient (Wildman–Crippen LogP) is 6.69. The fourth-order valence-electron chi connectivity index (χ4n) is 2.49. The molecule has 2 nitrogen and oxygen atoms in total. The van der Waals surface area contributed by atoms with Gasteiger partial charge in [-0.05, 0) is 38.1 Å². The normalized spacial score (nSPS) is 8.96. The lowest BCUT2D eigenvalue weighted by Gasteiger charge is -2.16. The summed E-state index contributed by atoms with van der Waals surface area (Å²) in [6.07, 6.45) is 0. The molecule has 0 N–H and O–H groups in total. The molecule has 0 aliphatic carbocycles. The Bertz CT molecular complexity index is 801. The van der Waals surface area contributed by atoms with Crippen molar-refractivity contribution in [2.45, 2.75) is 55.4 Å². The van der Waals surface area contributed by atoms with E-state index in [0.717, 1.165) is 27.8 Å². The summed E-state index contributed by atoms with van der Waals surface area (Å²) in [6, 6.07) is 17.9. The number of hydrogen-bond acceptors (Lipinski definition) is 1. The minimum absolute atomic E-state index is 0.125. The van der Waals surface area contributed by atoms with E-state index in [2.05, 4.69) is 16.7 Å². The Morgan fingerprint density at radius 3 is 1.72 bits per heavy atom. The Morgan fingerprint density at radius 2 is 1.16 bits per heavy atom. The van der Waals surface area contributed by atoms with Crippen LogP contribution in [0.5, 0.6) is 0 Å². The zero-order chi connectivity index (χ0) is 19.4. The van der Waals surface area contributed by atoms with Gasteiger partial charge in [0.05, 0.1) is 5.52 Å². The van der Waals surface area contributed by atoms with Gasteiger partial charge in [0.1, 0.15) is 0 Å². The molecule has 0 amide bonds. The summed E-state index contributed by atoms with van der Waals surface area (Å²) in [5.41, 5.74) is 3.97. The molecule has 0 atom stereocenters. The molecule has 2 aromatic carbocycles. The van der Waals surface area contributed by atoms with Crippen LogP contribution in [0, 0.1) is 13.8 Å². The van der Waals surface area contributed by atoms with E-state index in [-0.39, 0.29) is 5.43 Å². The van der Waals surface area contributed by atoms with Gasteiger partial charge in [0.15, 0.2) is 5.43 Å². The molecular formula is C23H33NO. The molecule has 0 aliphatic heterocycles. The molecule has 1 aromatic heterocycles. The van der Waals surface area contributed by atoms with Crippen molar-refractivity contribution in [1.82, 2.24) is 4.57 Å². The third-order valence-electron chi connectivity index (χ3n) is 3.62. The average molecular weight is 340 g/mol. The molecule has 0 bridgehead atoms. The second kappa shape index (κ2) is 12.1. The summed E-state index contributed by atoms with van der Waals surface area (Å²) in [5.74, 6) is 0. The van der Waals surface area contributed by atoms with Crippen LogP contribution in [0.3, 0.4) is 0 Å². The van der Waals surface area contributed by atoms with E-state index in [1.165, 1.54) is 0 Å². The fraction of sp³-hybridized carbons (Fsp3) is 0.348. The third-order valence-corrected chi connectivity index (χ3v) is 3.62. The maximum absolute atomic E-state index is 12.3. The zero-order valence-corrected chi connectivity index (χ0v) is 17.1. The van der Waals surface area contributed by atoms with Crippen molar-refractivity contribution in [1.29, 1.82) is 0 Å². The molecule has 0 spiro atoms. The summed E-state index contributed by atoms with van der Waals surface area (Å²) in [4.78, 5) is 12.3. The molecule has 0 aliphatic rings. The van der Waals surface area contributed by atoms with E-state index >= 15 is 0 Å². The average Bonchev–Trinajstić information content (AvgIpc) is 2.72. The lowest BCUT2D eigenvalue weighted by Crippen LogP contribution is -2.15. The van der Waals surface area contributed by atoms with Crippen LogP contribution >= 0.6 is 0 Å². The van der Waals surface area contributed by atoms with Crippen molar-refractivity contribution in [3.8, 4) is 5.69 Å². The summed E-state index contributed by atoms with van der Waals surface area (Å²) >= 11 is 0. The standard InChI is InChI=1S/C17H15NO.3C2H6/c1-12-13(2)18(14-8-4-3-5-9-14)16-11-7-6-10-15(16)17(12)19;3*1-2/h3-11H,1-2H3;3*1-2H3. The summed E-state index contributed by atoms with van der Waals surface area (Å²) in [6.45, 7) is 15.9. The van der Waals surface area contributed by atoms with Crippen molar-refractivity contribution < 1.29 is 0 Å². The molecule has 3 aromatic rings. The van der Waals surface area contributed by atoms with Gasteiger partial charge < -0.3 is 4.57 Å². The van der Waals surface area contributed by atoms with Crippen LogP contribution in [-0.4, -0.2) is 4.57 Å². The Kier molecular flexibility index (Phi) is 10.9. The number of rotatable bonds is 1. The SMILES string of the molecule is CC.CC.CC.Cc1c(C)n(-c2ccccc2)c2ccccc2c1=O. The van der Waals surface area contributed by atoms with Crippen LogP contribution in [0.1, 0.15) is 52.8 Å². The fourth-order valence-corrected chi connectivity index (χ4v) is 2.49. The maximum Gasteiger partial charge on any atom is 0.192 e. The quantitative estimate of drug-likeness (QED) is 0.484. The van der Waals surface area contributed by atoms with Gasteiger partial charge in [0.25, 0.3) is 0 Å². The zero-order valence-electron chi connectivity index (χ0n) is 17.1. The second-order valence-corrected chi connectivity index (χ2v) is 4.73. The number of pyridine rings is 1. The summed E-state index contributed by atoms with van der Waals surface area (Å²) < 4.78 is 2.14. The van der Waals surface area contributed by atoms with Gasteiger partial charge in [-0.1, -0.05) is 71.9 Å². The molecule has 0 saturated heterocycles. The minimum atomic E-state index is 0.125. The van der Waals surface area contributed by atoms with Crippen LogP contribution in [-0.2, 0) is 0 Å². The molecule has 0 fully saturated rings. The van der Waals surface area contributed by atoms with Gasteiger partial charge in [-0.15, -0.1) is 0 Å². The van der Waals surface area contributed by atoms with Crippen molar-refractivity contribution >= 4 is 10.9 Å². The van der Waals surface area contributed by atoms with E-state index in [9.17, 15) is 4.79 Å². The van der Waals surface area contributed by atoms with Gasteiger partial charge in [-0.2, -0.15) is 0 Å². The molecule has 136 valence electrons. The highest BCUT2D eigenvalue weighted by atomic mass is 16.1. The van der Waals surface area contributed by atoms with Crippen LogP contribution in [0.2, 0.25) is 0 Å². The van der Waals surface area contributed by atoms with Crippen molar-refractivity contribution in [2.24, 2.45) is 0 Å². The topological polar surface area (TPSA) is 22.0 Å². The molecule has 0 radical (unpaired) electrons. The minimum Gasteiger partial charge on any atom is -0.313 e. The first-order chi connectivity index (χ1) is 12.2. The number of para-hydroxylation sites is 2. The van der Waals surface area contributed by atoms with Crippen molar-refractivity contribution in [3.05, 3.63) is 76.1 Å². The highest BCUT2D eigenvalue weighted by Crippen LogP contribution is 2.20. The molecule has 1 heterocycles.